The molecule has 0 unspecified atom stereocenters. The topological polar surface area (TPSA) is 32.7 Å². The van der Waals surface area contributed by atoms with Crippen molar-refractivity contribution in [2.75, 3.05) is 26.2 Å². The van der Waals surface area contributed by atoms with Crippen LogP contribution >= 0.6 is 0 Å². The second-order valence-electron chi connectivity index (χ2n) is 9.17. The SMILES string of the molecule is CCN(CC)C[C@@H](O)COc1ccc(C23CC4CC(CC(C4)C2)C3)cc1. The Bertz CT molecular complexity index is 557. The van der Waals surface area contributed by atoms with Crippen molar-refractivity contribution in [3.8, 4) is 5.75 Å². The number of aliphatic hydroxyl groups excluding tert-OH is 1. The number of ether oxygens (including phenoxy) is 1. The number of nitrogens with zero attached hydrogens (tertiary/aromatic N) is 1. The van der Waals surface area contributed by atoms with Gasteiger partial charge in [0.1, 0.15) is 18.5 Å². The standard InChI is InChI=1S/C23H35NO2/c1-3-24(4-2)15-21(25)16-26-22-7-5-20(6-8-22)23-12-17-9-18(13-23)11-19(10-17)14-23/h5-8,17-19,21,25H,3-4,9-16H2,1-2H3/t17?,18?,19?,21-,23?/m1/s1. The Morgan fingerprint density at radius 2 is 1.54 bits per heavy atom. The number of benzene rings is 1. The van der Waals surface area contributed by atoms with Gasteiger partial charge in [-0.05, 0) is 92.5 Å². The van der Waals surface area contributed by atoms with Crippen molar-refractivity contribution in [1.82, 2.24) is 4.90 Å². The van der Waals surface area contributed by atoms with Gasteiger partial charge in [-0.25, -0.2) is 0 Å². The summed E-state index contributed by atoms with van der Waals surface area (Å²) in [6.07, 6.45) is 8.25. The lowest BCUT2D eigenvalue weighted by molar-refractivity contribution is -0.00522. The van der Waals surface area contributed by atoms with Gasteiger partial charge in [-0.3, -0.25) is 0 Å². The van der Waals surface area contributed by atoms with Crippen LogP contribution < -0.4 is 4.74 Å². The van der Waals surface area contributed by atoms with Crippen molar-refractivity contribution in [3.63, 3.8) is 0 Å². The summed E-state index contributed by atoms with van der Waals surface area (Å²) in [6, 6.07) is 8.86. The molecule has 3 heteroatoms. The smallest absolute Gasteiger partial charge is 0.119 e. The van der Waals surface area contributed by atoms with Crippen LogP contribution in [0.3, 0.4) is 0 Å². The van der Waals surface area contributed by atoms with Gasteiger partial charge in [-0.1, -0.05) is 26.0 Å². The Morgan fingerprint density at radius 1 is 1.00 bits per heavy atom. The summed E-state index contributed by atoms with van der Waals surface area (Å²) in [4.78, 5) is 2.23. The molecule has 1 aromatic carbocycles. The van der Waals surface area contributed by atoms with Gasteiger partial charge in [0.15, 0.2) is 0 Å². The fraction of sp³-hybridized carbons (Fsp3) is 0.739. The van der Waals surface area contributed by atoms with Crippen LogP contribution in [-0.4, -0.2) is 42.4 Å². The first-order valence-corrected chi connectivity index (χ1v) is 10.7. The highest BCUT2D eigenvalue weighted by Crippen LogP contribution is 2.60. The van der Waals surface area contributed by atoms with Crippen LogP contribution in [-0.2, 0) is 5.41 Å². The predicted molar refractivity (Wildman–Crippen MR) is 106 cm³/mol. The van der Waals surface area contributed by atoms with E-state index in [1.54, 1.807) is 0 Å². The first-order chi connectivity index (χ1) is 12.6. The third-order valence-corrected chi connectivity index (χ3v) is 7.31. The Hall–Kier alpha value is -1.06. The van der Waals surface area contributed by atoms with Crippen LogP contribution in [0.5, 0.6) is 5.75 Å². The number of rotatable bonds is 8. The number of hydrogen-bond donors (Lipinski definition) is 1. The van der Waals surface area contributed by atoms with Crippen LogP contribution in [0.25, 0.3) is 0 Å². The Balaban J connectivity index is 1.35. The van der Waals surface area contributed by atoms with Gasteiger partial charge in [-0.15, -0.1) is 0 Å². The fourth-order valence-corrected chi connectivity index (χ4v) is 6.39. The highest BCUT2D eigenvalue weighted by Gasteiger charge is 2.51. The van der Waals surface area contributed by atoms with Crippen LogP contribution in [0.1, 0.15) is 57.9 Å². The van der Waals surface area contributed by atoms with Crippen molar-refractivity contribution in [1.29, 1.82) is 0 Å². The molecular weight excluding hydrogens is 322 g/mol. The van der Waals surface area contributed by atoms with Gasteiger partial charge in [0.05, 0.1) is 0 Å². The summed E-state index contributed by atoms with van der Waals surface area (Å²) in [6.45, 7) is 7.23. The maximum atomic E-state index is 10.2. The van der Waals surface area contributed by atoms with Gasteiger partial charge in [0, 0.05) is 6.54 Å². The molecule has 0 aromatic heterocycles. The summed E-state index contributed by atoms with van der Waals surface area (Å²) in [5, 5.41) is 10.2. The Morgan fingerprint density at radius 3 is 2.04 bits per heavy atom. The molecule has 4 aliphatic carbocycles. The molecule has 4 saturated carbocycles. The third-order valence-electron chi connectivity index (χ3n) is 7.31. The van der Waals surface area contributed by atoms with Crippen molar-refractivity contribution >= 4 is 0 Å². The summed E-state index contributed by atoms with van der Waals surface area (Å²) in [7, 11) is 0. The van der Waals surface area contributed by atoms with E-state index in [1.807, 2.05) is 0 Å². The minimum Gasteiger partial charge on any atom is -0.491 e. The molecule has 4 fully saturated rings. The molecule has 26 heavy (non-hydrogen) atoms. The maximum absolute atomic E-state index is 10.2. The number of aliphatic hydroxyl groups is 1. The molecular formula is C23H35NO2. The Kier molecular flexibility index (Phi) is 5.29. The molecule has 0 radical (unpaired) electrons. The molecule has 4 aliphatic rings. The van der Waals surface area contributed by atoms with E-state index in [-0.39, 0.29) is 0 Å². The van der Waals surface area contributed by atoms with E-state index in [0.29, 0.717) is 18.6 Å². The molecule has 0 saturated heterocycles. The molecule has 144 valence electrons. The predicted octanol–water partition coefficient (Wildman–Crippen LogP) is 4.24. The van der Waals surface area contributed by atoms with E-state index < -0.39 is 6.10 Å². The number of hydrogen-bond acceptors (Lipinski definition) is 3. The summed E-state index contributed by atoms with van der Waals surface area (Å²) in [5.74, 6) is 3.82. The first-order valence-electron chi connectivity index (χ1n) is 10.7. The summed E-state index contributed by atoms with van der Waals surface area (Å²) >= 11 is 0. The average molecular weight is 358 g/mol. The third kappa shape index (κ3) is 3.66. The van der Waals surface area contributed by atoms with E-state index in [0.717, 1.165) is 36.6 Å². The van der Waals surface area contributed by atoms with E-state index in [2.05, 4.69) is 43.0 Å². The molecule has 0 heterocycles. The highest BCUT2D eigenvalue weighted by molar-refractivity contribution is 5.34. The zero-order valence-corrected chi connectivity index (χ0v) is 16.5. The average Bonchev–Trinajstić information content (AvgIpc) is 2.64. The lowest BCUT2D eigenvalue weighted by Crippen LogP contribution is -2.48. The molecule has 4 bridgehead atoms. The van der Waals surface area contributed by atoms with Crippen LogP contribution in [0, 0.1) is 17.8 Å². The minimum atomic E-state index is -0.433. The van der Waals surface area contributed by atoms with Crippen molar-refractivity contribution in [2.45, 2.75) is 63.9 Å². The van der Waals surface area contributed by atoms with Gasteiger partial charge in [0.2, 0.25) is 0 Å². The monoisotopic (exact) mass is 357 g/mol. The van der Waals surface area contributed by atoms with Crippen LogP contribution in [0.2, 0.25) is 0 Å². The fourth-order valence-electron chi connectivity index (χ4n) is 6.39. The lowest BCUT2D eigenvalue weighted by Gasteiger charge is -2.57. The number of likely N-dealkylation sites (N-methyl/N-ethyl adjacent to an activating group) is 1. The van der Waals surface area contributed by atoms with Crippen molar-refractivity contribution in [2.24, 2.45) is 17.8 Å². The molecule has 0 aliphatic heterocycles. The van der Waals surface area contributed by atoms with Crippen LogP contribution in [0.15, 0.2) is 24.3 Å². The molecule has 0 spiro atoms. The van der Waals surface area contributed by atoms with Gasteiger partial charge >= 0.3 is 0 Å². The molecule has 1 N–H and O–H groups in total. The zero-order chi connectivity index (χ0) is 18.1. The quantitative estimate of drug-likeness (QED) is 0.755. The van der Waals surface area contributed by atoms with Gasteiger partial charge in [-0.2, -0.15) is 0 Å². The second-order valence-corrected chi connectivity index (χ2v) is 9.17. The molecule has 3 nitrogen and oxygen atoms in total. The molecule has 0 amide bonds. The normalized spacial score (nSPS) is 33.6. The Labute approximate surface area is 158 Å². The molecule has 1 atom stereocenters. The summed E-state index contributed by atoms with van der Waals surface area (Å²) in [5.41, 5.74) is 1.99. The van der Waals surface area contributed by atoms with Crippen molar-refractivity contribution in [3.05, 3.63) is 29.8 Å². The lowest BCUT2D eigenvalue weighted by atomic mass is 9.48. The zero-order valence-electron chi connectivity index (χ0n) is 16.5. The van der Waals surface area contributed by atoms with E-state index in [1.165, 1.54) is 44.1 Å². The summed E-state index contributed by atoms with van der Waals surface area (Å²) < 4.78 is 5.85. The van der Waals surface area contributed by atoms with E-state index in [4.69, 9.17) is 4.74 Å². The van der Waals surface area contributed by atoms with E-state index >= 15 is 0 Å². The van der Waals surface area contributed by atoms with Crippen LogP contribution in [0.4, 0.5) is 0 Å². The minimum absolute atomic E-state index is 0.368. The first kappa shape index (κ1) is 18.3. The van der Waals surface area contributed by atoms with Crippen molar-refractivity contribution < 1.29 is 9.84 Å². The molecule has 5 rings (SSSR count). The highest BCUT2D eigenvalue weighted by atomic mass is 16.5. The van der Waals surface area contributed by atoms with E-state index in [9.17, 15) is 5.11 Å². The van der Waals surface area contributed by atoms with Gasteiger partial charge in [0.25, 0.3) is 0 Å². The largest absolute Gasteiger partial charge is 0.491 e. The second kappa shape index (κ2) is 7.52. The van der Waals surface area contributed by atoms with Gasteiger partial charge < -0.3 is 14.7 Å². The molecule has 1 aromatic rings. The maximum Gasteiger partial charge on any atom is 0.119 e.